The Bertz CT molecular complexity index is 229. The second-order valence-corrected chi connectivity index (χ2v) is 5.59. The molecule has 14 heavy (non-hydrogen) atoms. The zero-order valence-electron chi connectivity index (χ0n) is 9.29. The number of nitrogens with one attached hydrogen (secondary N) is 1. The molecule has 0 aliphatic heterocycles. The maximum atomic E-state index is 11.5. The predicted octanol–water partition coefficient (Wildman–Crippen LogP) is -0.00300. The van der Waals surface area contributed by atoms with Crippen molar-refractivity contribution in [2.24, 2.45) is 5.73 Å². The van der Waals surface area contributed by atoms with Gasteiger partial charge in [0.2, 0.25) is 5.91 Å². The molecule has 0 aliphatic rings. The van der Waals surface area contributed by atoms with E-state index in [9.17, 15) is 9.00 Å². The van der Waals surface area contributed by atoms with Crippen molar-refractivity contribution in [1.82, 2.24) is 5.32 Å². The van der Waals surface area contributed by atoms with E-state index in [-0.39, 0.29) is 11.2 Å². The third kappa shape index (κ3) is 4.19. The van der Waals surface area contributed by atoms with Crippen LogP contribution in [0, 0.1) is 0 Å². The standard InChI is InChI=1S/C9H20N2O2S/c1-5-9(3,10)8(12)11-6-7(2)14(4)13/h7H,5-6,10H2,1-4H3,(H,11,12). The Morgan fingerprint density at radius 2 is 2.14 bits per heavy atom. The molecule has 0 heterocycles. The molecule has 0 spiro atoms. The quantitative estimate of drug-likeness (QED) is 0.685. The van der Waals surface area contributed by atoms with E-state index in [0.29, 0.717) is 13.0 Å². The SMILES string of the molecule is CCC(C)(N)C(=O)NCC(C)S(C)=O. The van der Waals surface area contributed by atoms with Crippen molar-refractivity contribution in [3.63, 3.8) is 0 Å². The fraction of sp³-hybridized carbons (Fsp3) is 0.889. The monoisotopic (exact) mass is 220 g/mol. The van der Waals surface area contributed by atoms with Gasteiger partial charge in [-0.3, -0.25) is 9.00 Å². The van der Waals surface area contributed by atoms with Gasteiger partial charge in [0.25, 0.3) is 0 Å². The van der Waals surface area contributed by atoms with Crippen LogP contribution in [0.25, 0.3) is 0 Å². The van der Waals surface area contributed by atoms with Crippen molar-refractivity contribution in [3.05, 3.63) is 0 Å². The molecule has 3 unspecified atom stereocenters. The minimum Gasteiger partial charge on any atom is -0.353 e. The summed E-state index contributed by atoms with van der Waals surface area (Å²) < 4.78 is 11.0. The summed E-state index contributed by atoms with van der Waals surface area (Å²) in [5, 5.41) is 2.66. The highest BCUT2D eigenvalue weighted by Crippen LogP contribution is 2.04. The molecule has 5 heteroatoms. The second-order valence-electron chi connectivity index (χ2n) is 3.79. The molecule has 0 aromatic heterocycles. The van der Waals surface area contributed by atoms with Gasteiger partial charge in [-0.25, -0.2) is 0 Å². The Labute approximate surface area is 88.1 Å². The average Bonchev–Trinajstić information content (AvgIpc) is 2.13. The summed E-state index contributed by atoms with van der Waals surface area (Å²) in [5.41, 5.74) is 4.91. The molecule has 1 amide bonds. The number of hydrogen-bond acceptors (Lipinski definition) is 3. The molecule has 4 nitrogen and oxygen atoms in total. The third-order valence-electron chi connectivity index (χ3n) is 2.37. The van der Waals surface area contributed by atoms with Gasteiger partial charge in [0.15, 0.2) is 0 Å². The summed E-state index contributed by atoms with van der Waals surface area (Å²) in [6.07, 6.45) is 2.21. The normalized spacial score (nSPS) is 19.5. The van der Waals surface area contributed by atoms with E-state index in [1.165, 1.54) is 0 Å². The Balaban J connectivity index is 4.03. The summed E-state index contributed by atoms with van der Waals surface area (Å²) >= 11 is 0. The van der Waals surface area contributed by atoms with E-state index in [1.807, 2.05) is 13.8 Å². The zero-order valence-corrected chi connectivity index (χ0v) is 10.1. The molecule has 0 fully saturated rings. The van der Waals surface area contributed by atoms with Gasteiger partial charge in [0.1, 0.15) is 0 Å². The van der Waals surface area contributed by atoms with Crippen LogP contribution < -0.4 is 11.1 Å². The molecule has 0 rings (SSSR count). The third-order valence-corrected chi connectivity index (χ3v) is 3.67. The van der Waals surface area contributed by atoms with Crippen LogP contribution in [-0.4, -0.2) is 33.7 Å². The minimum absolute atomic E-state index is 0.0355. The molecule has 0 aromatic carbocycles. The van der Waals surface area contributed by atoms with E-state index in [1.54, 1.807) is 13.2 Å². The predicted molar refractivity (Wildman–Crippen MR) is 59.4 cm³/mol. The van der Waals surface area contributed by atoms with Crippen LogP contribution in [-0.2, 0) is 15.6 Å². The van der Waals surface area contributed by atoms with E-state index < -0.39 is 16.3 Å². The number of hydrogen-bond donors (Lipinski definition) is 2. The number of carbonyl (C=O) groups excluding carboxylic acids is 1. The molecule has 3 atom stereocenters. The first kappa shape index (κ1) is 13.6. The summed E-state index contributed by atoms with van der Waals surface area (Å²) in [5.74, 6) is -0.183. The molecule has 0 saturated heterocycles. The van der Waals surface area contributed by atoms with Crippen molar-refractivity contribution < 1.29 is 9.00 Å². The first-order valence-corrected chi connectivity index (χ1v) is 6.32. The maximum absolute atomic E-state index is 11.5. The van der Waals surface area contributed by atoms with Crippen LogP contribution in [0.1, 0.15) is 27.2 Å². The number of rotatable bonds is 5. The largest absolute Gasteiger partial charge is 0.353 e. The van der Waals surface area contributed by atoms with Gasteiger partial charge in [0, 0.05) is 28.9 Å². The van der Waals surface area contributed by atoms with Gasteiger partial charge in [-0.15, -0.1) is 0 Å². The molecule has 0 aromatic rings. The van der Waals surface area contributed by atoms with Crippen molar-refractivity contribution in [2.75, 3.05) is 12.8 Å². The lowest BCUT2D eigenvalue weighted by Gasteiger charge is -2.22. The van der Waals surface area contributed by atoms with Gasteiger partial charge < -0.3 is 11.1 Å². The summed E-state index contributed by atoms with van der Waals surface area (Å²) in [6.45, 7) is 5.79. The minimum atomic E-state index is -0.911. The molecule has 0 saturated carbocycles. The number of amides is 1. The average molecular weight is 220 g/mol. The van der Waals surface area contributed by atoms with E-state index in [0.717, 1.165) is 0 Å². The van der Waals surface area contributed by atoms with Crippen molar-refractivity contribution in [2.45, 2.75) is 38.0 Å². The van der Waals surface area contributed by atoms with Gasteiger partial charge in [-0.05, 0) is 20.3 Å². The Morgan fingerprint density at radius 1 is 1.64 bits per heavy atom. The summed E-state index contributed by atoms with van der Waals surface area (Å²) in [4.78, 5) is 11.5. The number of nitrogens with two attached hydrogens (primary N) is 1. The lowest BCUT2D eigenvalue weighted by molar-refractivity contribution is -0.125. The van der Waals surface area contributed by atoms with Gasteiger partial charge in [-0.1, -0.05) is 6.92 Å². The van der Waals surface area contributed by atoms with E-state index in [2.05, 4.69) is 5.32 Å². The Kier molecular flexibility index (Phi) is 5.29. The fourth-order valence-electron chi connectivity index (χ4n) is 0.716. The lowest BCUT2D eigenvalue weighted by atomic mass is 10.00. The van der Waals surface area contributed by atoms with Crippen LogP contribution in [0.15, 0.2) is 0 Å². The van der Waals surface area contributed by atoms with Crippen LogP contribution in [0.4, 0.5) is 0 Å². The molecule has 0 radical (unpaired) electrons. The highest BCUT2D eigenvalue weighted by molar-refractivity contribution is 7.84. The Hall–Kier alpha value is -0.420. The fourth-order valence-corrected chi connectivity index (χ4v) is 1.03. The molecule has 3 N–H and O–H groups in total. The first-order chi connectivity index (χ1) is 6.31. The Morgan fingerprint density at radius 3 is 2.50 bits per heavy atom. The molecule has 84 valence electrons. The van der Waals surface area contributed by atoms with Crippen LogP contribution >= 0.6 is 0 Å². The highest BCUT2D eigenvalue weighted by atomic mass is 32.2. The van der Waals surface area contributed by atoms with Crippen molar-refractivity contribution >= 4 is 16.7 Å². The lowest BCUT2D eigenvalue weighted by Crippen LogP contribution is -2.52. The van der Waals surface area contributed by atoms with Crippen molar-refractivity contribution in [3.8, 4) is 0 Å². The van der Waals surface area contributed by atoms with Crippen LogP contribution in [0.2, 0.25) is 0 Å². The van der Waals surface area contributed by atoms with Gasteiger partial charge >= 0.3 is 0 Å². The zero-order chi connectivity index (χ0) is 11.4. The van der Waals surface area contributed by atoms with Crippen molar-refractivity contribution in [1.29, 1.82) is 0 Å². The van der Waals surface area contributed by atoms with Gasteiger partial charge in [0.05, 0.1) is 5.54 Å². The molecule has 0 aliphatic carbocycles. The van der Waals surface area contributed by atoms with E-state index >= 15 is 0 Å². The topological polar surface area (TPSA) is 72.2 Å². The summed E-state index contributed by atoms with van der Waals surface area (Å²) in [7, 11) is -0.911. The van der Waals surface area contributed by atoms with E-state index in [4.69, 9.17) is 5.73 Å². The number of carbonyl (C=O) groups is 1. The smallest absolute Gasteiger partial charge is 0.239 e. The second kappa shape index (κ2) is 5.46. The summed E-state index contributed by atoms with van der Waals surface area (Å²) in [6, 6.07) is 0. The van der Waals surface area contributed by atoms with Gasteiger partial charge in [-0.2, -0.15) is 0 Å². The molecule has 0 bridgehead atoms. The first-order valence-electron chi connectivity index (χ1n) is 4.70. The van der Waals surface area contributed by atoms with Crippen LogP contribution in [0.3, 0.4) is 0 Å². The van der Waals surface area contributed by atoms with Crippen LogP contribution in [0.5, 0.6) is 0 Å². The maximum Gasteiger partial charge on any atom is 0.239 e. The molecular formula is C9H20N2O2S. The molecular weight excluding hydrogens is 200 g/mol. The highest BCUT2D eigenvalue weighted by Gasteiger charge is 2.25.